The van der Waals surface area contributed by atoms with Gasteiger partial charge in [-0.15, -0.1) is 23.1 Å². The minimum Gasteiger partial charge on any atom is -0.355 e. The summed E-state index contributed by atoms with van der Waals surface area (Å²) < 4.78 is 0. The van der Waals surface area contributed by atoms with Gasteiger partial charge in [0.05, 0.1) is 0 Å². The molecule has 5 heteroatoms. The molecule has 0 aliphatic carbocycles. The molecule has 1 aliphatic heterocycles. The molecule has 0 saturated heterocycles. The summed E-state index contributed by atoms with van der Waals surface area (Å²) in [5.74, 6) is 1.17. The van der Waals surface area contributed by atoms with Gasteiger partial charge < -0.3 is 11.1 Å². The highest BCUT2D eigenvalue weighted by Crippen LogP contribution is 2.39. The number of carbonyl (C=O) groups is 1. The van der Waals surface area contributed by atoms with Crippen molar-refractivity contribution in [3.63, 3.8) is 0 Å². The molecule has 2 atom stereocenters. The highest BCUT2D eigenvalue weighted by atomic mass is 32.2. The third kappa shape index (κ3) is 3.24. The molecule has 1 aromatic heterocycles. The Balaban J connectivity index is 1.93. The molecule has 1 aliphatic rings. The predicted octanol–water partition coefficient (Wildman–Crippen LogP) is 1.93. The molecule has 94 valence electrons. The zero-order chi connectivity index (χ0) is 12.3. The van der Waals surface area contributed by atoms with Gasteiger partial charge in [-0.1, -0.05) is 0 Å². The molecule has 0 bridgehead atoms. The maximum Gasteiger partial charge on any atom is 0.237 e. The quantitative estimate of drug-likeness (QED) is 0.879. The van der Waals surface area contributed by atoms with E-state index in [0.29, 0.717) is 6.54 Å². The molecule has 17 heavy (non-hydrogen) atoms. The summed E-state index contributed by atoms with van der Waals surface area (Å²) in [4.78, 5) is 13.4. The molecule has 0 aromatic carbocycles. The fourth-order valence-corrected chi connectivity index (χ4v) is 4.20. The van der Waals surface area contributed by atoms with Crippen LogP contribution >= 0.6 is 23.1 Å². The van der Waals surface area contributed by atoms with Crippen LogP contribution in [-0.4, -0.2) is 24.2 Å². The Morgan fingerprint density at radius 3 is 3.29 bits per heavy atom. The highest BCUT2D eigenvalue weighted by Gasteiger charge is 2.27. The van der Waals surface area contributed by atoms with Gasteiger partial charge in [-0.3, -0.25) is 4.79 Å². The first-order valence-electron chi connectivity index (χ1n) is 5.89. The number of nitrogens with two attached hydrogens (primary N) is 1. The van der Waals surface area contributed by atoms with E-state index in [1.807, 2.05) is 6.92 Å². The summed E-state index contributed by atoms with van der Waals surface area (Å²) in [6.45, 7) is 2.63. The van der Waals surface area contributed by atoms with E-state index >= 15 is 0 Å². The summed E-state index contributed by atoms with van der Waals surface area (Å²) in [6.07, 6.45) is 1.93. The molecule has 0 fully saturated rings. The molecule has 2 rings (SSSR count). The molecule has 0 saturated carbocycles. The normalized spacial score (nSPS) is 20.7. The van der Waals surface area contributed by atoms with E-state index in [2.05, 4.69) is 16.8 Å². The first-order valence-corrected chi connectivity index (χ1v) is 7.82. The van der Waals surface area contributed by atoms with Crippen LogP contribution in [0.25, 0.3) is 0 Å². The van der Waals surface area contributed by atoms with Gasteiger partial charge in [0.25, 0.3) is 0 Å². The van der Waals surface area contributed by atoms with Gasteiger partial charge >= 0.3 is 0 Å². The molecule has 0 radical (unpaired) electrons. The highest BCUT2D eigenvalue weighted by molar-refractivity contribution is 8.00. The van der Waals surface area contributed by atoms with Crippen LogP contribution in [-0.2, 0) is 11.2 Å². The van der Waals surface area contributed by atoms with Gasteiger partial charge in [0.15, 0.2) is 0 Å². The lowest BCUT2D eigenvalue weighted by atomic mass is 10.1. The van der Waals surface area contributed by atoms with Crippen LogP contribution in [0.1, 0.15) is 29.0 Å². The van der Waals surface area contributed by atoms with Crippen LogP contribution < -0.4 is 11.1 Å². The summed E-state index contributed by atoms with van der Waals surface area (Å²) in [6, 6.07) is 2.23. The molecule has 1 amide bonds. The molecule has 3 N–H and O–H groups in total. The van der Waals surface area contributed by atoms with Crippen molar-refractivity contribution in [1.82, 2.24) is 5.32 Å². The number of thiophene rings is 1. The standard InChI is InChI=1S/C12H18N2OS2/c1-8(13)2-5-14-12(15)11-9-3-6-16-10(9)4-7-17-11/h3,6,8,11H,2,4-5,7,13H2,1H3,(H,14,15). The zero-order valence-corrected chi connectivity index (χ0v) is 11.6. The van der Waals surface area contributed by atoms with Gasteiger partial charge in [0, 0.05) is 17.5 Å². The number of aryl methyl sites for hydroxylation is 1. The number of carbonyl (C=O) groups excluding carboxylic acids is 1. The van der Waals surface area contributed by atoms with E-state index < -0.39 is 0 Å². The van der Waals surface area contributed by atoms with E-state index in [0.717, 1.165) is 18.6 Å². The third-order valence-corrected chi connectivity index (χ3v) is 5.05. The molecule has 0 spiro atoms. The molecule has 2 heterocycles. The SMILES string of the molecule is CC(N)CCNC(=O)C1SCCc2sccc21. The Bertz CT molecular complexity index is 390. The average molecular weight is 270 g/mol. The van der Waals surface area contributed by atoms with Crippen LogP contribution in [0.3, 0.4) is 0 Å². The monoisotopic (exact) mass is 270 g/mol. The fourth-order valence-electron chi connectivity index (χ4n) is 1.88. The van der Waals surface area contributed by atoms with Crippen LogP contribution in [0, 0.1) is 0 Å². The maximum absolute atomic E-state index is 12.1. The molecule has 2 unspecified atom stereocenters. The summed E-state index contributed by atoms with van der Waals surface area (Å²) in [7, 11) is 0. The second-order valence-electron chi connectivity index (χ2n) is 4.36. The average Bonchev–Trinajstić information content (AvgIpc) is 2.75. The molecule has 3 nitrogen and oxygen atoms in total. The van der Waals surface area contributed by atoms with Crippen molar-refractivity contribution in [2.45, 2.75) is 31.1 Å². The van der Waals surface area contributed by atoms with E-state index in [-0.39, 0.29) is 17.2 Å². The number of hydrogen-bond acceptors (Lipinski definition) is 4. The third-order valence-electron chi connectivity index (χ3n) is 2.81. The Morgan fingerprint density at radius 1 is 1.71 bits per heavy atom. The molecule has 1 aromatic rings. The number of hydrogen-bond donors (Lipinski definition) is 2. The van der Waals surface area contributed by atoms with Crippen LogP contribution in [0.5, 0.6) is 0 Å². The largest absolute Gasteiger partial charge is 0.355 e. The van der Waals surface area contributed by atoms with E-state index in [1.54, 1.807) is 23.1 Å². The Hall–Kier alpha value is -0.520. The zero-order valence-electron chi connectivity index (χ0n) is 9.94. The summed E-state index contributed by atoms with van der Waals surface area (Å²) in [5, 5.41) is 5.05. The van der Waals surface area contributed by atoms with Crippen molar-refractivity contribution in [3.05, 3.63) is 21.9 Å². The van der Waals surface area contributed by atoms with Crippen LogP contribution in [0.4, 0.5) is 0 Å². The van der Waals surface area contributed by atoms with Crippen molar-refractivity contribution in [2.75, 3.05) is 12.3 Å². The topological polar surface area (TPSA) is 55.1 Å². The second-order valence-corrected chi connectivity index (χ2v) is 6.57. The number of amides is 1. The lowest BCUT2D eigenvalue weighted by Crippen LogP contribution is -2.32. The first kappa shape index (κ1) is 12.9. The molecular formula is C12H18N2OS2. The van der Waals surface area contributed by atoms with Crippen molar-refractivity contribution in [1.29, 1.82) is 0 Å². The Morgan fingerprint density at radius 2 is 2.53 bits per heavy atom. The number of fused-ring (bicyclic) bond motifs is 1. The van der Waals surface area contributed by atoms with E-state index in [1.165, 1.54) is 10.4 Å². The summed E-state index contributed by atoms with van der Waals surface area (Å²) in [5.41, 5.74) is 6.87. The Labute approximate surface area is 110 Å². The van der Waals surface area contributed by atoms with Crippen molar-refractivity contribution >= 4 is 29.0 Å². The maximum atomic E-state index is 12.1. The smallest absolute Gasteiger partial charge is 0.237 e. The fraction of sp³-hybridized carbons (Fsp3) is 0.583. The minimum atomic E-state index is -0.0157. The van der Waals surface area contributed by atoms with Crippen molar-refractivity contribution in [3.8, 4) is 0 Å². The van der Waals surface area contributed by atoms with Gasteiger partial charge in [-0.25, -0.2) is 0 Å². The van der Waals surface area contributed by atoms with Crippen LogP contribution in [0.15, 0.2) is 11.4 Å². The Kier molecular flexibility index (Phi) is 4.48. The van der Waals surface area contributed by atoms with Crippen molar-refractivity contribution < 1.29 is 4.79 Å². The summed E-state index contributed by atoms with van der Waals surface area (Å²) >= 11 is 3.50. The van der Waals surface area contributed by atoms with E-state index in [9.17, 15) is 4.79 Å². The number of rotatable bonds is 4. The minimum absolute atomic E-state index is 0.0157. The van der Waals surface area contributed by atoms with Crippen LogP contribution in [0.2, 0.25) is 0 Å². The molecular weight excluding hydrogens is 252 g/mol. The predicted molar refractivity (Wildman–Crippen MR) is 74.5 cm³/mol. The number of nitrogens with one attached hydrogen (secondary N) is 1. The van der Waals surface area contributed by atoms with E-state index in [4.69, 9.17) is 5.73 Å². The second kappa shape index (κ2) is 5.89. The van der Waals surface area contributed by atoms with Crippen molar-refractivity contribution in [2.24, 2.45) is 5.73 Å². The lowest BCUT2D eigenvalue weighted by Gasteiger charge is -2.21. The van der Waals surface area contributed by atoms with Gasteiger partial charge in [-0.2, -0.15) is 0 Å². The number of thioether (sulfide) groups is 1. The van der Waals surface area contributed by atoms with Gasteiger partial charge in [-0.05, 0) is 42.5 Å². The van der Waals surface area contributed by atoms with Gasteiger partial charge in [0.2, 0.25) is 5.91 Å². The first-order chi connectivity index (χ1) is 8.18. The lowest BCUT2D eigenvalue weighted by molar-refractivity contribution is -0.120. The van der Waals surface area contributed by atoms with Gasteiger partial charge in [0.1, 0.15) is 5.25 Å².